The SMILES string of the molecule is O=C1C(C(F)F)=[C][N]C1CF. The molecule has 1 rings (SSSR count). The molecule has 0 saturated heterocycles. The molecular weight excluding hydrogens is 159 g/mol. The molecule has 1 unspecified atom stereocenters. The third kappa shape index (κ3) is 1.36. The van der Waals surface area contributed by atoms with Gasteiger partial charge in [0, 0.05) is 0 Å². The Labute approximate surface area is 61.1 Å². The lowest BCUT2D eigenvalue weighted by Crippen LogP contribution is -2.26. The zero-order chi connectivity index (χ0) is 8.43. The maximum Gasteiger partial charge on any atom is 0.269 e. The summed E-state index contributed by atoms with van der Waals surface area (Å²) in [6, 6.07) is -1.28. The van der Waals surface area contributed by atoms with E-state index in [-0.39, 0.29) is 0 Å². The highest BCUT2D eigenvalue weighted by atomic mass is 19.3. The topological polar surface area (TPSA) is 31.2 Å². The molecule has 2 nitrogen and oxygen atoms in total. The van der Waals surface area contributed by atoms with Gasteiger partial charge in [-0.05, 0) is 0 Å². The van der Waals surface area contributed by atoms with Gasteiger partial charge in [-0.2, -0.15) is 0 Å². The summed E-state index contributed by atoms with van der Waals surface area (Å²) in [5.74, 6) is -0.956. The number of carbonyl (C=O) groups is 1. The fraction of sp³-hybridized carbons (Fsp3) is 0.500. The highest BCUT2D eigenvalue weighted by Crippen LogP contribution is 2.16. The molecule has 1 aliphatic rings. The number of nitrogens with zero attached hydrogens (tertiary/aromatic N) is 1. The van der Waals surface area contributed by atoms with Crippen LogP contribution < -0.4 is 5.32 Å². The number of carbonyl (C=O) groups excluding carboxylic acids is 1. The molecule has 0 N–H and O–H groups in total. The second-order valence-corrected chi connectivity index (χ2v) is 1.99. The Morgan fingerprint density at radius 3 is 2.55 bits per heavy atom. The van der Waals surface area contributed by atoms with E-state index in [1.165, 1.54) is 0 Å². The lowest BCUT2D eigenvalue weighted by Gasteiger charge is -2.00. The molecular formula is C6H4F3NO. The van der Waals surface area contributed by atoms with Crippen molar-refractivity contribution < 1.29 is 18.0 Å². The fourth-order valence-electron chi connectivity index (χ4n) is 0.702. The normalized spacial score (nSPS) is 23.8. The average Bonchev–Trinajstić information content (AvgIpc) is 2.30. The summed E-state index contributed by atoms with van der Waals surface area (Å²) in [7, 11) is 0. The van der Waals surface area contributed by atoms with Gasteiger partial charge in [0.1, 0.15) is 12.7 Å². The molecule has 0 aromatic carbocycles. The Kier molecular flexibility index (Phi) is 2.16. The zero-order valence-electron chi connectivity index (χ0n) is 5.35. The molecule has 0 amide bonds. The van der Waals surface area contributed by atoms with Gasteiger partial charge in [0.25, 0.3) is 6.43 Å². The lowest BCUT2D eigenvalue weighted by atomic mass is 10.1. The van der Waals surface area contributed by atoms with Gasteiger partial charge in [0.2, 0.25) is 0 Å². The van der Waals surface area contributed by atoms with E-state index in [1.54, 1.807) is 0 Å². The Balaban J connectivity index is 2.67. The van der Waals surface area contributed by atoms with Crippen molar-refractivity contribution in [2.75, 3.05) is 6.67 Å². The number of Topliss-reactive ketones (excluding diaryl/α,β-unsaturated/α-hetero) is 1. The van der Waals surface area contributed by atoms with Crippen LogP contribution in [0.4, 0.5) is 13.2 Å². The number of halogens is 3. The van der Waals surface area contributed by atoms with Crippen molar-refractivity contribution in [3.63, 3.8) is 0 Å². The summed E-state index contributed by atoms with van der Waals surface area (Å²) < 4.78 is 35.4. The van der Waals surface area contributed by atoms with Crippen LogP contribution in [0.15, 0.2) is 5.57 Å². The first-order valence-corrected chi connectivity index (χ1v) is 2.88. The summed E-state index contributed by atoms with van der Waals surface area (Å²) in [6.07, 6.45) is -1.09. The predicted octanol–water partition coefficient (Wildman–Crippen LogP) is 0.464. The molecule has 0 bridgehead atoms. The first-order valence-electron chi connectivity index (χ1n) is 2.88. The zero-order valence-corrected chi connectivity index (χ0v) is 5.35. The Hall–Kier alpha value is -1.00. The van der Waals surface area contributed by atoms with E-state index >= 15 is 0 Å². The van der Waals surface area contributed by atoms with Gasteiger partial charge in [-0.25, -0.2) is 13.2 Å². The van der Waals surface area contributed by atoms with Crippen LogP contribution in [-0.2, 0) is 4.79 Å². The monoisotopic (exact) mass is 163 g/mol. The third-order valence-electron chi connectivity index (χ3n) is 1.27. The summed E-state index contributed by atoms with van der Waals surface area (Å²) in [4.78, 5) is 10.7. The molecule has 0 aromatic heterocycles. The van der Waals surface area contributed by atoms with Gasteiger partial charge in [0.15, 0.2) is 5.78 Å². The number of ketones is 1. The minimum atomic E-state index is -2.90. The summed E-state index contributed by atoms with van der Waals surface area (Å²) in [5, 5.41) is 3.15. The summed E-state index contributed by atoms with van der Waals surface area (Å²) in [5.41, 5.74) is -0.812. The van der Waals surface area contributed by atoms with Crippen LogP contribution in [0.25, 0.3) is 0 Å². The van der Waals surface area contributed by atoms with Crippen molar-refractivity contribution in [3.8, 4) is 0 Å². The quantitative estimate of drug-likeness (QED) is 0.581. The maximum absolute atomic E-state index is 11.8. The van der Waals surface area contributed by atoms with E-state index in [1.807, 2.05) is 6.20 Å². The Morgan fingerprint density at radius 2 is 2.27 bits per heavy atom. The number of rotatable bonds is 2. The van der Waals surface area contributed by atoms with E-state index in [0.717, 1.165) is 0 Å². The molecule has 11 heavy (non-hydrogen) atoms. The van der Waals surface area contributed by atoms with Crippen molar-refractivity contribution in [1.82, 2.24) is 5.32 Å². The fourth-order valence-corrected chi connectivity index (χ4v) is 0.702. The molecule has 1 atom stereocenters. The molecule has 60 valence electrons. The second kappa shape index (κ2) is 2.94. The van der Waals surface area contributed by atoms with Crippen LogP contribution in [0.1, 0.15) is 0 Å². The van der Waals surface area contributed by atoms with Gasteiger partial charge in [0.05, 0.1) is 11.8 Å². The lowest BCUT2D eigenvalue weighted by molar-refractivity contribution is -0.117. The maximum atomic E-state index is 11.8. The van der Waals surface area contributed by atoms with Crippen LogP contribution >= 0.6 is 0 Å². The van der Waals surface area contributed by atoms with Gasteiger partial charge < -0.3 is 0 Å². The summed E-state index contributed by atoms with van der Waals surface area (Å²) >= 11 is 0. The van der Waals surface area contributed by atoms with Crippen molar-refractivity contribution in [2.45, 2.75) is 12.5 Å². The molecule has 0 aliphatic carbocycles. The second-order valence-electron chi connectivity index (χ2n) is 1.99. The molecule has 0 spiro atoms. The average molecular weight is 163 g/mol. The highest BCUT2D eigenvalue weighted by Gasteiger charge is 2.33. The van der Waals surface area contributed by atoms with Gasteiger partial charge >= 0.3 is 0 Å². The molecule has 2 radical (unpaired) electrons. The van der Waals surface area contributed by atoms with E-state index in [4.69, 9.17) is 0 Å². The number of hydrogen-bond acceptors (Lipinski definition) is 1. The molecule has 1 heterocycles. The minimum Gasteiger partial charge on any atom is -0.292 e. The van der Waals surface area contributed by atoms with Gasteiger partial charge in [-0.1, -0.05) is 0 Å². The number of alkyl halides is 3. The van der Waals surface area contributed by atoms with Crippen molar-refractivity contribution >= 4 is 5.78 Å². The molecule has 0 aromatic rings. The van der Waals surface area contributed by atoms with Crippen molar-refractivity contribution in [3.05, 3.63) is 11.8 Å². The van der Waals surface area contributed by atoms with E-state index in [0.29, 0.717) is 0 Å². The first-order chi connectivity index (χ1) is 5.16. The Morgan fingerprint density at radius 1 is 1.64 bits per heavy atom. The Bertz CT molecular complexity index is 202. The third-order valence-corrected chi connectivity index (χ3v) is 1.27. The van der Waals surface area contributed by atoms with Crippen LogP contribution in [-0.4, -0.2) is 24.9 Å². The summed E-state index contributed by atoms with van der Waals surface area (Å²) in [6.45, 7) is -1.04. The highest BCUT2D eigenvalue weighted by molar-refractivity contribution is 6.01. The van der Waals surface area contributed by atoms with E-state index in [9.17, 15) is 18.0 Å². The standard InChI is InChI=1S/C6H4F3NO/c7-1-4-5(11)3(2-10-4)6(8)9/h4,6H,1H2. The van der Waals surface area contributed by atoms with Crippen molar-refractivity contribution in [2.24, 2.45) is 0 Å². The first kappa shape index (κ1) is 8.10. The van der Waals surface area contributed by atoms with Gasteiger partial charge in [-0.3, -0.25) is 10.1 Å². The van der Waals surface area contributed by atoms with E-state index < -0.39 is 30.5 Å². The van der Waals surface area contributed by atoms with Gasteiger partial charge in [-0.15, -0.1) is 0 Å². The smallest absolute Gasteiger partial charge is 0.269 e. The van der Waals surface area contributed by atoms with E-state index in [2.05, 4.69) is 5.32 Å². The van der Waals surface area contributed by atoms with Crippen molar-refractivity contribution in [1.29, 1.82) is 0 Å². The van der Waals surface area contributed by atoms with Crippen LogP contribution in [0.5, 0.6) is 0 Å². The largest absolute Gasteiger partial charge is 0.292 e. The number of hydrogen-bond donors (Lipinski definition) is 0. The molecule has 0 fully saturated rings. The molecule has 1 aliphatic heterocycles. The van der Waals surface area contributed by atoms with Crippen LogP contribution in [0, 0.1) is 6.20 Å². The van der Waals surface area contributed by atoms with Crippen LogP contribution in [0.2, 0.25) is 0 Å². The minimum absolute atomic E-state index is 0.812. The molecule has 5 heteroatoms. The molecule has 0 saturated carbocycles. The predicted molar refractivity (Wildman–Crippen MR) is 29.7 cm³/mol. The van der Waals surface area contributed by atoms with Crippen LogP contribution in [0.3, 0.4) is 0 Å².